The maximum atomic E-state index is 11.0. The van der Waals surface area contributed by atoms with Crippen LogP contribution in [-0.4, -0.2) is 31.9 Å². The van der Waals surface area contributed by atoms with E-state index in [0.29, 0.717) is 41.2 Å². The summed E-state index contributed by atoms with van der Waals surface area (Å²) < 4.78 is 21.5. The Kier molecular flexibility index (Phi) is 2.51. The number of carboxylic acid groups (broad SMARTS) is 1. The van der Waals surface area contributed by atoms with Crippen molar-refractivity contribution in [3.05, 3.63) is 17.4 Å². The van der Waals surface area contributed by atoms with Crippen LogP contribution in [0.5, 0.6) is 17.2 Å². The molecule has 2 heterocycles. The number of hydrogen-bond donors (Lipinski definition) is 1. The van der Waals surface area contributed by atoms with Gasteiger partial charge in [0, 0.05) is 18.1 Å². The van der Waals surface area contributed by atoms with Crippen LogP contribution >= 0.6 is 0 Å². The van der Waals surface area contributed by atoms with Gasteiger partial charge in [0.05, 0.1) is 26.2 Å². The van der Waals surface area contributed by atoms with Crippen LogP contribution in [-0.2, 0) is 6.42 Å². The van der Waals surface area contributed by atoms with Gasteiger partial charge < -0.3 is 23.7 Å². The van der Waals surface area contributed by atoms with Crippen molar-refractivity contribution in [3.63, 3.8) is 0 Å². The number of benzene rings is 1. The molecule has 0 amide bonds. The molecule has 1 aliphatic rings. The van der Waals surface area contributed by atoms with Crippen molar-refractivity contribution in [1.82, 2.24) is 0 Å². The summed E-state index contributed by atoms with van der Waals surface area (Å²) in [5, 5.41) is 9.60. The van der Waals surface area contributed by atoms with Gasteiger partial charge in [-0.3, -0.25) is 0 Å². The average molecular weight is 264 g/mol. The lowest BCUT2D eigenvalue weighted by Crippen LogP contribution is -1.93. The van der Waals surface area contributed by atoms with Crippen LogP contribution in [0.4, 0.5) is 0 Å². The minimum atomic E-state index is -1.14. The number of hydrogen-bond acceptors (Lipinski definition) is 5. The summed E-state index contributed by atoms with van der Waals surface area (Å²) in [4.78, 5) is 11.0. The third-order valence-corrected chi connectivity index (χ3v) is 3.15. The monoisotopic (exact) mass is 264 g/mol. The number of methoxy groups -OCH3 is 2. The van der Waals surface area contributed by atoms with E-state index in [1.807, 2.05) is 0 Å². The normalized spacial score (nSPS) is 13.2. The zero-order valence-corrected chi connectivity index (χ0v) is 10.5. The molecule has 0 unspecified atom stereocenters. The maximum Gasteiger partial charge on any atom is 0.371 e. The molecule has 3 rings (SSSR count). The zero-order chi connectivity index (χ0) is 13.6. The molecule has 6 nitrogen and oxygen atoms in total. The number of ether oxygens (including phenoxy) is 3. The first kappa shape index (κ1) is 11.7. The largest absolute Gasteiger partial charge is 0.496 e. The Morgan fingerprint density at radius 1 is 1.32 bits per heavy atom. The number of carboxylic acids is 1. The molecule has 1 aromatic heterocycles. The van der Waals surface area contributed by atoms with Crippen molar-refractivity contribution in [2.75, 3.05) is 20.8 Å². The SMILES string of the molecule is COc1c2c(c(OC)c3oc(C(=O)O)cc13)OCC2. The minimum Gasteiger partial charge on any atom is -0.496 e. The number of rotatable bonds is 3. The Hall–Kier alpha value is -2.37. The Labute approximate surface area is 108 Å². The van der Waals surface area contributed by atoms with Gasteiger partial charge in [-0.05, 0) is 0 Å². The summed E-state index contributed by atoms with van der Waals surface area (Å²) in [6.07, 6.45) is 0.693. The van der Waals surface area contributed by atoms with Crippen LogP contribution in [0.3, 0.4) is 0 Å². The van der Waals surface area contributed by atoms with Crippen molar-refractivity contribution in [3.8, 4) is 17.2 Å². The molecule has 0 saturated heterocycles. The van der Waals surface area contributed by atoms with Gasteiger partial charge in [0.25, 0.3) is 0 Å². The molecule has 0 aliphatic carbocycles. The van der Waals surface area contributed by atoms with Crippen molar-refractivity contribution in [2.24, 2.45) is 0 Å². The summed E-state index contributed by atoms with van der Waals surface area (Å²) >= 11 is 0. The fourth-order valence-corrected chi connectivity index (χ4v) is 2.39. The number of aromatic carboxylic acids is 1. The van der Waals surface area contributed by atoms with Crippen molar-refractivity contribution < 1.29 is 28.5 Å². The van der Waals surface area contributed by atoms with Gasteiger partial charge in [0.1, 0.15) is 5.75 Å². The van der Waals surface area contributed by atoms with E-state index in [1.165, 1.54) is 20.3 Å². The van der Waals surface area contributed by atoms with E-state index in [-0.39, 0.29) is 5.76 Å². The van der Waals surface area contributed by atoms with E-state index in [4.69, 9.17) is 23.7 Å². The lowest BCUT2D eigenvalue weighted by Gasteiger charge is -2.11. The van der Waals surface area contributed by atoms with Crippen LogP contribution < -0.4 is 14.2 Å². The van der Waals surface area contributed by atoms with Gasteiger partial charge in [-0.2, -0.15) is 0 Å². The minimum absolute atomic E-state index is 0.157. The number of fused-ring (bicyclic) bond motifs is 2. The molecular formula is C13H12O6. The average Bonchev–Trinajstić information content (AvgIpc) is 3.01. The second-order valence-electron chi connectivity index (χ2n) is 4.13. The highest BCUT2D eigenvalue weighted by atomic mass is 16.5. The summed E-state index contributed by atoms with van der Waals surface area (Å²) in [5.74, 6) is 0.269. The summed E-state index contributed by atoms with van der Waals surface area (Å²) in [6.45, 7) is 0.542. The first-order valence-electron chi connectivity index (χ1n) is 5.73. The Morgan fingerprint density at radius 3 is 2.68 bits per heavy atom. The predicted octanol–water partition coefficient (Wildman–Crippen LogP) is 2.08. The Bertz CT molecular complexity index is 621. The van der Waals surface area contributed by atoms with Gasteiger partial charge in [-0.15, -0.1) is 0 Å². The second kappa shape index (κ2) is 4.08. The van der Waals surface area contributed by atoms with E-state index >= 15 is 0 Å². The van der Waals surface area contributed by atoms with Gasteiger partial charge in [-0.25, -0.2) is 4.79 Å². The van der Waals surface area contributed by atoms with Crippen LogP contribution in [0, 0.1) is 0 Å². The molecule has 0 bridgehead atoms. The molecule has 6 heteroatoms. The van der Waals surface area contributed by atoms with Crippen molar-refractivity contribution in [2.45, 2.75) is 6.42 Å². The Morgan fingerprint density at radius 2 is 2.05 bits per heavy atom. The third kappa shape index (κ3) is 1.53. The van der Waals surface area contributed by atoms with Gasteiger partial charge >= 0.3 is 5.97 Å². The fourth-order valence-electron chi connectivity index (χ4n) is 2.39. The highest BCUT2D eigenvalue weighted by Crippen LogP contribution is 2.49. The third-order valence-electron chi connectivity index (χ3n) is 3.15. The molecule has 0 fully saturated rings. The molecule has 1 aliphatic heterocycles. The quantitative estimate of drug-likeness (QED) is 0.914. The summed E-state index contributed by atoms with van der Waals surface area (Å²) in [6, 6.07) is 1.44. The zero-order valence-electron chi connectivity index (χ0n) is 10.5. The van der Waals surface area contributed by atoms with E-state index < -0.39 is 5.97 Å². The molecule has 0 saturated carbocycles. The maximum absolute atomic E-state index is 11.0. The van der Waals surface area contributed by atoms with E-state index in [0.717, 1.165) is 5.56 Å². The molecule has 0 spiro atoms. The van der Waals surface area contributed by atoms with Crippen molar-refractivity contribution >= 4 is 16.9 Å². The highest BCUT2D eigenvalue weighted by Gasteiger charge is 2.29. The van der Waals surface area contributed by atoms with E-state index in [9.17, 15) is 4.79 Å². The number of furan rings is 1. The molecule has 1 N–H and O–H groups in total. The van der Waals surface area contributed by atoms with Gasteiger partial charge in [0.2, 0.25) is 11.5 Å². The first-order valence-corrected chi connectivity index (χ1v) is 5.73. The van der Waals surface area contributed by atoms with Crippen molar-refractivity contribution in [1.29, 1.82) is 0 Å². The molecule has 0 radical (unpaired) electrons. The standard InChI is InChI=1S/C13H12O6/c1-16-9-6-3-4-18-10(6)12(17-2)11-7(9)5-8(19-11)13(14)15/h5H,3-4H2,1-2H3,(H,14,15). The molecule has 1 aromatic carbocycles. The Balaban J connectivity index is 2.41. The van der Waals surface area contributed by atoms with E-state index in [2.05, 4.69) is 0 Å². The highest BCUT2D eigenvalue weighted by molar-refractivity contribution is 5.99. The van der Waals surface area contributed by atoms with Crippen LogP contribution in [0.25, 0.3) is 11.0 Å². The molecule has 19 heavy (non-hydrogen) atoms. The number of carbonyl (C=O) groups is 1. The summed E-state index contributed by atoms with van der Waals surface area (Å²) in [7, 11) is 3.03. The van der Waals surface area contributed by atoms with Crippen LogP contribution in [0.1, 0.15) is 16.1 Å². The van der Waals surface area contributed by atoms with E-state index in [1.54, 1.807) is 0 Å². The molecule has 2 aromatic rings. The molecule has 0 atom stereocenters. The summed E-state index contributed by atoms with van der Waals surface area (Å²) in [5.41, 5.74) is 1.21. The molecular weight excluding hydrogens is 252 g/mol. The van der Waals surface area contributed by atoms with Crippen LogP contribution in [0.15, 0.2) is 10.5 Å². The lowest BCUT2D eigenvalue weighted by molar-refractivity contribution is 0.0665. The lowest BCUT2D eigenvalue weighted by atomic mass is 10.1. The molecule has 100 valence electrons. The first-order chi connectivity index (χ1) is 9.17. The van der Waals surface area contributed by atoms with Gasteiger partial charge in [0.15, 0.2) is 11.3 Å². The predicted molar refractivity (Wildman–Crippen MR) is 65.5 cm³/mol. The topological polar surface area (TPSA) is 78.1 Å². The fraction of sp³-hybridized carbons (Fsp3) is 0.308. The van der Waals surface area contributed by atoms with Gasteiger partial charge in [-0.1, -0.05) is 0 Å². The smallest absolute Gasteiger partial charge is 0.371 e. The second-order valence-corrected chi connectivity index (χ2v) is 4.13. The van der Waals surface area contributed by atoms with Crippen LogP contribution in [0.2, 0.25) is 0 Å².